The fourth-order valence-corrected chi connectivity index (χ4v) is 3.38. The number of aliphatic hydroxyl groups excluding tert-OH is 1. The molecule has 1 heterocycles. The molecule has 0 radical (unpaired) electrons. The molecule has 2 N–H and O–H groups in total. The van der Waals surface area contributed by atoms with Crippen LogP contribution in [0.5, 0.6) is 5.75 Å². The Morgan fingerprint density at radius 1 is 1.14 bits per heavy atom. The van der Waals surface area contributed by atoms with Crippen molar-refractivity contribution in [3.05, 3.63) is 55.1 Å². The van der Waals surface area contributed by atoms with Crippen LogP contribution < -0.4 is 10.1 Å². The van der Waals surface area contributed by atoms with Gasteiger partial charge in [-0.05, 0) is 22.9 Å². The van der Waals surface area contributed by atoms with Gasteiger partial charge >= 0.3 is 0 Å². The van der Waals surface area contributed by atoms with E-state index in [2.05, 4.69) is 33.8 Å². The highest BCUT2D eigenvalue weighted by atomic mass is 16.5. The number of aliphatic hydroxyl groups is 1. The lowest BCUT2D eigenvalue weighted by molar-refractivity contribution is -0.122. The average Bonchev–Trinajstić information content (AvgIpc) is 2.72. The summed E-state index contributed by atoms with van der Waals surface area (Å²) in [7, 11) is 0. The van der Waals surface area contributed by atoms with Crippen LogP contribution in [0, 0.1) is 0 Å². The number of hydrogen-bond acceptors (Lipinski definition) is 5. The van der Waals surface area contributed by atoms with Crippen LogP contribution in [0.4, 0.5) is 0 Å². The van der Waals surface area contributed by atoms with Crippen molar-refractivity contribution in [1.29, 1.82) is 0 Å². The monoisotopic (exact) mass is 383 g/mol. The van der Waals surface area contributed by atoms with Gasteiger partial charge in [0.2, 0.25) is 5.91 Å². The van der Waals surface area contributed by atoms with Gasteiger partial charge in [0, 0.05) is 39.3 Å². The van der Waals surface area contributed by atoms with E-state index in [1.165, 1.54) is 5.39 Å². The molecule has 2 aromatic carbocycles. The fraction of sp³-hybridized carbons (Fsp3) is 0.409. The van der Waals surface area contributed by atoms with Crippen LogP contribution in [0.2, 0.25) is 0 Å². The first-order valence-electron chi connectivity index (χ1n) is 9.76. The number of nitrogens with one attached hydrogen (secondary N) is 1. The maximum Gasteiger partial charge on any atom is 0.234 e. The van der Waals surface area contributed by atoms with Crippen LogP contribution in [0.3, 0.4) is 0 Å². The number of nitrogens with zero attached hydrogens (tertiary/aromatic N) is 2. The SMILES string of the molecule is C=CCNC(=O)CN1CCN(C[C@H](O)COc2ccc3ccccc3c2)CC1. The van der Waals surface area contributed by atoms with E-state index in [4.69, 9.17) is 4.74 Å². The maximum absolute atomic E-state index is 11.8. The van der Waals surface area contributed by atoms with E-state index in [1.54, 1.807) is 6.08 Å². The van der Waals surface area contributed by atoms with Crippen molar-refractivity contribution >= 4 is 16.7 Å². The van der Waals surface area contributed by atoms with Crippen LogP contribution in [0.15, 0.2) is 55.1 Å². The Kier molecular flexibility index (Phi) is 7.42. The molecule has 6 heteroatoms. The van der Waals surface area contributed by atoms with Gasteiger partial charge in [-0.25, -0.2) is 0 Å². The Bertz CT molecular complexity index is 787. The maximum atomic E-state index is 11.8. The van der Waals surface area contributed by atoms with Crippen molar-refractivity contribution in [2.24, 2.45) is 0 Å². The third-order valence-electron chi connectivity index (χ3n) is 4.91. The van der Waals surface area contributed by atoms with E-state index < -0.39 is 6.10 Å². The number of carbonyl (C=O) groups is 1. The number of fused-ring (bicyclic) bond motifs is 1. The van der Waals surface area contributed by atoms with Crippen molar-refractivity contribution in [3.8, 4) is 5.75 Å². The van der Waals surface area contributed by atoms with Gasteiger partial charge in [0.1, 0.15) is 18.5 Å². The Balaban J connectivity index is 1.37. The molecular weight excluding hydrogens is 354 g/mol. The third kappa shape index (κ3) is 6.05. The molecule has 28 heavy (non-hydrogen) atoms. The number of benzene rings is 2. The second kappa shape index (κ2) is 10.2. The Morgan fingerprint density at radius 2 is 1.86 bits per heavy atom. The summed E-state index contributed by atoms with van der Waals surface area (Å²) in [5.74, 6) is 0.797. The van der Waals surface area contributed by atoms with Crippen LogP contribution >= 0.6 is 0 Å². The van der Waals surface area contributed by atoms with Crippen LogP contribution in [0.25, 0.3) is 10.8 Å². The summed E-state index contributed by atoms with van der Waals surface area (Å²) in [6.45, 7) is 8.66. The smallest absolute Gasteiger partial charge is 0.234 e. The molecule has 1 aliphatic heterocycles. The topological polar surface area (TPSA) is 65.0 Å². The van der Waals surface area contributed by atoms with Gasteiger partial charge in [0.15, 0.2) is 0 Å². The molecular formula is C22H29N3O3. The predicted molar refractivity (Wildman–Crippen MR) is 112 cm³/mol. The number of rotatable bonds is 9. The summed E-state index contributed by atoms with van der Waals surface area (Å²) >= 11 is 0. The summed E-state index contributed by atoms with van der Waals surface area (Å²) in [6, 6.07) is 14.1. The standard InChI is InChI=1S/C22H29N3O3/c1-2-9-23-22(27)16-25-12-10-24(11-13-25)15-20(26)17-28-21-8-7-18-5-3-4-6-19(18)14-21/h2-8,14,20,26H,1,9-13,15-17H2,(H,23,27)/t20-/m0/s1. The summed E-state index contributed by atoms with van der Waals surface area (Å²) in [4.78, 5) is 16.1. The van der Waals surface area contributed by atoms with E-state index in [1.807, 2.05) is 30.3 Å². The minimum atomic E-state index is -0.547. The van der Waals surface area contributed by atoms with Crippen molar-refractivity contribution in [2.75, 3.05) is 52.4 Å². The van der Waals surface area contributed by atoms with Crippen LogP contribution in [-0.2, 0) is 4.79 Å². The lowest BCUT2D eigenvalue weighted by atomic mass is 10.1. The lowest BCUT2D eigenvalue weighted by Crippen LogP contribution is -2.51. The minimum absolute atomic E-state index is 0.0252. The zero-order valence-corrected chi connectivity index (χ0v) is 16.2. The zero-order chi connectivity index (χ0) is 19.8. The first-order valence-corrected chi connectivity index (χ1v) is 9.76. The van der Waals surface area contributed by atoms with Gasteiger partial charge in [0.05, 0.1) is 6.54 Å². The first-order chi connectivity index (χ1) is 13.6. The summed E-state index contributed by atoms with van der Waals surface area (Å²) in [5, 5.41) is 15.4. The van der Waals surface area contributed by atoms with Crippen molar-refractivity contribution in [3.63, 3.8) is 0 Å². The second-order valence-corrected chi connectivity index (χ2v) is 7.14. The Morgan fingerprint density at radius 3 is 2.61 bits per heavy atom. The number of amides is 1. The number of carbonyl (C=O) groups excluding carboxylic acids is 1. The molecule has 1 amide bonds. The number of ether oxygens (including phenoxy) is 1. The van der Waals surface area contributed by atoms with Gasteiger partial charge in [0.25, 0.3) is 0 Å². The molecule has 2 aromatic rings. The normalized spacial score (nSPS) is 16.6. The molecule has 1 atom stereocenters. The molecule has 150 valence electrons. The lowest BCUT2D eigenvalue weighted by Gasteiger charge is -2.35. The highest BCUT2D eigenvalue weighted by Crippen LogP contribution is 2.20. The summed E-state index contributed by atoms with van der Waals surface area (Å²) in [5.41, 5.74) is 0. The summed E-state index contributed by atoms with van der Waals surface area (Å²) < 4.78 is 5.78. The van der Waals surface area contributed by atoms with E-state index in [0.717, 1.165) is 37.3 Å². The molecule has 6 nitrogen and oxygen atoms in total. The molecule has 0 aliphatic carbocycles. The first kappa shape index (κ1) is 20.3. The number of β-amino-alcohol motifs (C(OH)–C–C–N with tert-alkyl or cyclic N) is 1. The fourth-order valence-electron chi connectivity index (χ4n) is 3.38. The highest BCUT2D eigenvalue weighted by Gasteiger charge is 2.20. The quantitative estimate of drug-likeness (QED) is 0.643. The third-order valence-corrected chi connectivity index (χ3v) is 4.91. The van der Waals surface area contributed by atoms with Gasteiger partial charge in [-0.15, -0.1) is 6.58 Å². The largest absolute Gasteiger partial charge is 0.491 e. The molecule has 0 aromatic heterocycles. The predicted octanol–water partition coefficient (Wildman–Crippen LogP) is 1.50. The summed E-state index contributed by atoms with van der Waals surface area (Å²) in [6.07, 6.45) is 1.13. The molecule has 0 saturated carbocycles. The highest BCUT2D eigenvalue weighted by molar-refractivity contribution is 5.83. The molecule has 0 unspecified atom stereocenters. The average molecular weight is 383 g/mol. The molecule has 1 saturated heterocycles. The molecule has 0 spiro atoms. The minimum Gasteiger partial charge on any atom is -0.491 e. The van der Waals surface area contributed by atoms with Crippen LogP contribution in [-0.4, -0.2) is 79.3 Å². The van der Waals surface area contributed by atoms with E-state index in [0.29, 0.717) is 19.6 Å². The Hall–Kier alpha value is -2.41. The van der Waals surface area contributed by atoms with Crippen LogP contribution in [0.1, 0.15) is 0 Å². The molecule has 0 bridgehead atoms. The molecule has 3 rings (SSSR count). The number of hydrogen-bond donors (Lipinski definition) is 2. The van der Waals surface area contributed by atoms with Gasteiger partial charge < -0.3 is 15.2 Å². The van der Waals surface area contributed by atoms with E-state index >= 15 is 0 Å². The van der Waals surface area contributed by atoms with Gasteiger partial charge in [-0.1, -0.05) is 36.4 Å². The molecule has 1 aliphatic rings. The van der Waals surface area contributed by atoms with Gasteiger partial charge in [-0.3, -0.25) is 14.6 Å². The van der Waals surface area contributed by atoms with E-state index in [-0.39, 0.29) is 12.5 Å². The zero-order valence-electron chi connectivity index (χ0n) is 16.2. The van der Waals surface area contributed by atoms with Crippen molar-refractivity contribution in [2.45, 2.75) is 6.10 Å². The second-order valence-electron chi connectivity index (χ2n) is 7.14. The number of piperazine rings is 1. The van der Waals surface area contributed by atoms with Gasteiger partial charge in [-0.2, -0.15) is 0 Å². The molecule has 1 fully saturated rings. The van der Waals surface area contributed by atoms with E-state index in [9.17, 15) is 9.90 Å². The Labute approximate surface area is 166 Å². The van der Waals surface area contributed by atoms with Crippen molar-refractivity contribution in [1.82, 2.24) is 15.1 Å². The van der Waals surface area contributed by atoms with Crippen molar-refractivity contribution < 1.29 is 14.6 Å².